The number of ether oxygens (including phenoxy) is 2. The molecule has 0 spiro atoms. The molecule has 0 bridgehead atoms. The Labute approximate surface area is 157 Å². The number of benzene rings is 1. The average molecular weight is 449 g/mol. The van der Waals surface area contributed by atoms with Gasteiger partial charge in [-0.25, -0.2) is 4.79 Å². The minimum absolute atomic E-state index is 0.328. The fraction of sp³-hybridized carbons (Fsp3) is 0.385. The Bertz CT molecular complexity index is 595. The number of urea groups is 1. The number of rotatable bonds is 5. The van der Waals surface area contributed by atoms with Gasteiger partial charge in [0.25, 0.3) is 0 Å². The van der Waals surface area contributed by atoms with Crippen LogP contribution in [-0.2, 0) is 9.53 Å². The van der Waals surface area contributed by atoms with Crippen LogP contribution in [-0.4, -0.2) is 40.5 Å². The van der Waals surface area contributed by atoms with Crippen LogP contribution in [0.3, 0.4) is 0 Å². The van der Waals surface area contributed by atoms with E-state index in [0.717, 1.165) is 4.90 Å². The van der Waals surface area contributed by atoms with E-state index < -0.39 is 21.5 Å². The molecule has 6 nitrogen and oxygen atoms in total. The molecule has 1 atom stereocenters. The fourth-order valence-electron chi connectivity index (χ4n) is 1.58. The maximum absolute atomic E-state index is 12.3. The molecule has 1 aromatic rings. The number of carbonyl (C=O) groups excluding carboxylic acids is 2. The van der Waals surface area contributed by atoms with Gasteiger partial charge >= 0.3 is 12.0 Å². The zero-order valence-corrected chi connectivity index (χ0v) is 16.3. The van der Waals surface area contributed by atoms with Crippen LogP contribution in [0.5, 0.6) is 5.75 Å². The van der Waals surface area contributed by atoms with E-state index in [4.69, 9.17) is 44.3 Å². The van der Waals surface area contributed by atoms with Crippen molar-refractivity contribution in [1.82, 2.24) is 4.90 Å². The van der Waals surface area contributed by atoms with E-state index in [2.05, 4.69) is 21.2 Å². The topological polar surface area (TPSA) is 67.9 Å². The van der Waals surface area contributed by atoms with Crippen molar-refractivity contribution in [1.29, 1.82) is 0 Å². The number of halogens is 4. The highest BCUT2D eigenvalue weighted by atomic mass is 79.9. The Morgan fingerprint density at radius 3 is 2.43 bits per heavy atom. The maximum atomic E-state index is 12.3. The van der Waals surface area contributed by atoms with Gasteiger partial charge in [0.05, 0.1) is 12.1 Å². The molecule has 0 aliphatic rings. The number of nitrogens with zero attached hydrogens (tertiary/aromatic N) is 1. The molecule has 0 radical (unpaired) electrons. The summed E-state index contributed by atoms with van der Waals surface area (Å²) in [5, 5.41) is 2.91. The van der Waals surface area contributed by atoms with Crippen molar-refractivity contribution in [2.45, 2.75) is 16.4 Å². The third-order valence-corrected chi connectivity index (χ3v) is 3.69. The van der Waals surface area contributed by atoms with Crippen molar-refractivity contribution in [2.24, 2.45) is 0 Å². The summed E-state index contributed by atoms with van der Waals surface area (Å²) >= 11 is 20.7. The number of hydrogen-bond donors (Lipinski definition) is 1. The molecule has 0 aromatic heterocycles. The minimum Gasteiger partial charge on any atom is -0.495 e. The first-order chi connectivity index (χ1) is 10.6. The lowest BCUT2D eigenvalue weighted by molar-refractivity contribution is -0.152. The molecular weight excluding hydrogens is 434 g/mol. The van der Waals surface area contributed by atoms with Crippen molar-refractivity contribution < 1.29 is 19.1 Å². The highest BCUT2D eigenvalue weighted by Gasteiger charge is 2.40. The summed E-state index contributed by atoms with van der Waals surface area (Å²) in [6.45, 7) is 1.18. The second-order valence-corrected chi connectivity index (χ2v) is 8.35. The summed E-state index contributed by atoms with van der Waals surface area (Å²) < 4.78 is 8.31. The lowest BCUT2D eigenvalue weighted by Crippen LogP contribution is -2.49. The minimum atomic E-state index is -1.68. The highest BCUT2D eigenvalue weighted by molar-refractivity contribution is 9.11. The largest absolute Gasteiger partial charge is 0.495 e. The lowest BCUT2D eigenvalue weighted by Gasteiger charge is -2.32. The zero-order chi connectivity index (χ0) is 17.8. The van der Waals surface area contributed by atoms with Crippen LogP contribution in [0.2, 0.25) is 5.02 Å². The van der Waals surface area contributed by atoms with Crippen molar-refractivity contribution >= 4 is 68.4 Å². The van der Waals surface area contributed by atoms with Crippen LogP contribution >= 0.6 is 50.7 Å². The second kappa shape index (κ2) is 8.28. The van der Waals surface area contributed by atoms with E-state index in [0.29, 0.717) is 16.5 Å². The number of hydrogen-bond acceptors (Lipinski definition) is 4. The molecule has 0 aliphatic carbocycles. The van der Waals surface area contributed by atoms with Gasteiger partial charge in [-0.15, -0.1) is 0 Å². The zero-order valence-electron chi connectivity index (χ0n) is 12.4. The summed E-state index contributed by atoms with van der Waals surface area (Å²) in [4.78, 5) is 24.4. The van der Waals surface area contributed by atoms with Crippen LogP contribution in [0.15, 0.2) is 18.2 Å². The third kappa shape index (κ3) is 5.91. The van der Waals surface area contributed by atoms with Gasteiger partial charge in [0.1, 0.15) is 5.75 Å². The molecule has 0 heterocycles. The van der Waals surface area contributed by atoms with E-state index in [9.17, 15) is 9.59 Å². The third-order valence-electron chi connectivity index (χ3n) is 2.63. The second-order valence-electron chi connectivity index (χ2n) is 4.39. The molecule has 1 unspecified atom stereocenters. The summed E-state index contributed by atoms with van der Waals surface area (Å²) in [6.07, 6.45) is -1.25. The van der Waals surface area contributed by atoms with E-state index in [1.165, 1.54) is 27.1 Å². The van der Waals surface area contributed by atoms with E-state index >= 15 is 0 Å². The normalized spacial score (nSPS) is 12.3. The van der Waals surface area contributed by atoms with Crippen molar-refractivity contribution in [2.75, 3.05) is 19.5 Å². The molecule has 1 aromatic carbocycles. The Morgan fingerprint density at radius 1 is 1.39 bits per heavy atom. The van der Waals surface area contributed by atoms with Gasteiger partial charge in [-0.1, -0.05) is 34.8 Å². The quantitative estimate of drug-likeness (QED) is 0.416. The molecule has 10 heteroatoms. The fourth-order valence-corrected chi connectivity index (χ4v) is 2.63. The number of nitrogens with one attached hydrogen (secondary N) is 1. The summed E-state index contributed by atoms with van der Waals surface area (Å²) in [5.74, 6) is -0.177. The molecule has 0 fully saturated rings. The molecule has 23 heavy (non-hydrogen) atoms. The molecule has 0 aliphatic heterocycles. The van der Waals surface area contributed by atoms with Gasteiger partial charge in [-0.3, -0.25) is 9.69 Å². The van der Waals surface area contributed by atoms with E-state index in [1.807, 2.05) is 0 Å². The average Bonchev–Trinajstić information content (AvgIpc) is 2.43. The molecular formula is C13H14BrCl3N2O4. The lowest BCUT2D eigenvalue weighted by atomic mass is 10.3. The van der Waals surface area contributed by atoms with E-state index in [-0.39, 0.29) is 0 Å². The first-order valence-electron chi connectivity index (χ1n) is 6.17. The summed E-state index contributed by atoms with van der Waals surface area (Å²) in [6, 6.07) is 4.09. The SMILES string of the molecule is COc1ccc(NC(=O)N(C)C(OC(C)=O)C(Cl)(Cl)Br)cc1Cl. The molecule has 0 saturated heterocycles. The van der Waals surface area contributed by atoms with Gasteiger partial charge in [-0.05, 0) is 34.1 Å². The van der Waals surface area contributed by atoms with Crippen molar-refractivity contribution in [3.8, 4) is 5.75 Å². The van der Waals surface area contributed by atoms with Gasteiger partial charge in [-0.2, -0.15) is 0 Å². The number of carbonyl (C=O) groups is 2. The molecule has 1 rings (SSSR count). The Hall–Kier alpha value is -0.890. The first-order valence-corrected chi connectivity index (χ1v) is 8.10. The predicted octanol–water partition coefficient (Wildman–Crippen LogP) is 4.23. The van der Waals surface area contributed by atoms with Crippen molar-refractivity contribution in [3.05, 3.63) is 23.2 Å². The number of amides is 2. The van der Waals surface area contributed by atoms with Crippen LogP contribution in [0.4, 0.5) is 10.5 Å². The summed E-state index contributed by atoms with van der Waals surface area (Å²) in [5.41, 5.74) is 0.415. The number of anilines is 1. The van der Waals surface area contributed by atoms with Gasteiger partial charge < -0.3 is 14.8 Å². The van der Waals surface area contributed by atoms with Gasteiger partial charge in [0, 0.05) is 19.7 Å². The summed E-state index contributed by atoms with van der Waals surface area (Å²) in [7, 11) is 2.85. The Morgan fingerprint density at radius 2 is 2.00 bits per heavy atom. The van der Waals surface area contributed by atoms with Crippen molar-refractivity contribution in [3.63, 3.8) is 0 Å². The van der Waals surface area contributed by atoms with Crippen LogP contribution < -0.4 is 10.1 Å². The smallest absolute Gasteiger partial charge is 0.324 e. The standard InChI is InChI=1S/C13H14BrCl3N2O4/c1-7(20)23-11(13(14,16)17)19(2)12(21)18-8-4-5-10(22-3)9(15)6-8/h4-6,11H,1-3H3,(H,18,21). The van der Waals surface area contributed by atoms with E-state index in [1.54, 1.807) is 12.1 Å². The predicted molar refractivity (Wildman–Crippen MR) is 93.7 cm³/mol. The molecule has 128 valence electrons. The monoisotopic (exact) mass is 446 g/mol. The number of esters is 1. The van der Waals surface area contributed by atoms with Gasteiger partial charge in [0.2, 0.25) is 9.47 Å². The maximum Gasteiger partial charge on any atom is 0.324 e. The molecule has 1 N–H and O–H groups in total. The highest BCUT2D eigenvalue weighted by Crippen LogP contribution is 2.36. The number of methoxy groups -OCH3 is 1. The molecule has 0 saturated carbocycles. The van der Waals surface area contributed by atoms with Crippen LogP contribution in [0.25, 0.3) is 0 Å². The number of alkyl halides is 3. The Kier molecular flexibility index (Phi) is 7.26. The Balaban J connectivity index is 2.90. The molecule has 2 amide bonds. The van der Waals surface area contributed by atoms with Crippen LogP contribution in [0, 0.1) is 0 Å². The van der Waals surface area contributed by atoms with Gasteiger partial charge in [0.15, 0.2) is 0 Å². The van der Waals surface area contributed by atoms with Crippen LogP contribution in [0.1, 0.15) is 6.92 Å². The first kappa shape index (κ1) is 20.2.